The maximum atomic E-state index is 11.4. The molecule has 30 heavy (non-hydrogen) atoms. The van der Waals surface area contributed by atoms with Crippen LogP contribution in [-0.2, 0) is 33.4 Å². The van der Waals surface area contributed by atoms with E-state index in [0.29, 0.717) is 26.2 Å². The summed E-state index contributed by atoms with van der Waals surface area (Å²) in [6.45, 7) is 12.9. The van der Waals surface area contributed by atoms with Gasteiger partial charge >= 0.3 is 11.9 Å². The number of nitrogens with zero attached hydrogens (tertiary/aromatic N) is 2. The number of aliphatic hydroxyl groups excluding tert-OH is 1. The van der Waals surface area contributed by atoms with Crippen LogP contribution in [0.4, 0.5) is 0 Å². The standard InChI is InChI=1S/2C10H17NO4/c2*1-4-11(5-2)9(13)7-8(12)10(14)15-6-3/h4-7H2,1-3H3;7,12H,4-6H2,1-3H3/b;8-7-. The quantitative estimate of drug-likeness (QED) is 0.170. The van der Waals surface area contributed by atoms with E-state index in [9.17, 15) is 29.1 Å². The van der Waals surface area contributed by atoms with Crippen LogP contribution in [0.2, 0.25) is 0 Å². The summed E-state index contributed by atoms with van der Waals surface area (Å²) in [5.41, 5.74) is 0. The predicted molar refractivity (Wildman–Crippen MR) is 109 cm³/mol. The first kappa shape index (κ1) is 29.3. The van der Waals surface area contributed by atoms with Gasteiger partial charge in [-0.1, -0.05) is 0 Å². The van der Waals surface area contributed by atoms with Gasteiger partial charge in [-0.15, -0.1) is 0 Å². The Morgan fingerprint density at radius 2 is 1.17 bits per heavy atom. The number of esters is 2. The molecule has 0 aliphatic heterocycles. The van der Waals surface area contributed by atoms with Crippen LogP contribution in [0.15, 0.2) is 11.8 Å². The van der Waals surface area contributed by atoms with Crippen LogP contribution in [0.5, 0.6) is 0 Å². The Bertz CT molecular complexity index is 608. The van der Waals surface area contributed by atoms with E-state index in [0.717, 1.165) is 6.08 Å². The van der Waals surface area contributed by atoms with E-state index in [4.69, 9.17) is 0 Å². The monoisotopic (exact) mass is 430 g/mol. The first-order valence-electron chi connectivity index (χ1n) is 9.97. The van der Waals surface area contributed by atoms with E-state index in [2.05, 4.69) is 9.47 Å². The molecule has 0 fully saturated rings. The van der Waals surface area contributed by atoms with E-state index in [1.54, 1.807) is 13.8 Å². The van der Waals surface area contributed by atoms with Gasteiger partial charge in [0.15, 0.2) is 0 Å². The van der Waals surface area contributed by atoms with Crippen LogP contribution in [0.25, 0.3) is 0 Å². The van der Waals surface area contributed by atoms with Crippen molar-refractivity contribution in [3.05, 3.63) is 11.8 Å². The van der Waals surface area contributed by atoms with Gasteiger partial charge in [0, 0.05) is 26.2 Å². The Morgan fingerprint density at radius 1 is 0.733 bits per heavy atom. The highest BCUT2D eigenvalue weighted by Crippen LogP contribution is 1.98. The zero-order chi connectivity index (χ0) is 23.7. The van der Waals surface area contributed by atoms with Crippen molar-refractivity contribution >= 4 is 29.5 Å². The van der Waals surface area contributed by atoms with Gasteiger partial charge in [-0.05, 0) is 41.5 Å². The van der Waals surface area contributed by atoms with Gasteiger partial charge in [0.2, 0.25) is 17.4 Å². The molecule has 0 heterocycles. The third kappa shape index (κ3) is 11.8. The van der Waals surface area contributed by atoms with E-state index in [1.165, 1.54) is 9.80 Å². The molecule has 0 aromatic carbocycles. The molecule has 0 saturated heterocycles. The third-order valence-corrected chi connectivity index (χ3v) is 3.75. The summed E-state index contributed by atoms with van der Waals surface area (Å²) in [5.74, 6) is -3.98. The largest absolute Gasteiger partial charge is 0.502 e. The number of ketones is 1. The fraction of sp³-hybridized carbons (Fsp3) is 0.650. The minimum atomic E-state index is -0.932. The lowest BCUT2D eigenvalue weighted by atomic mass is 10.2. The SMILES string of the molecule is CCOC(=O)/C(O)=C/C(=O)N(CC)CC.CCOC(=O)C(=O)CC(=O)N(CC)CC. The molecule has 0 rings (SSSR count). The summed E-state index contributed by atoms with van der Waals surface area (Å²) >= 11 is 0. The van der Waals surface area contributed by atoms with Crippen LogP contribution in [0.3, 0.4) is 0 Å². The molecule has 0 radical (unpaired) electrons. The average Bonchev–Trinajstić information content (AvgIpc) is 2.70. The van der Waals surface area contributed by atoms with Crippen molar-refractivity contribution in [2.75, 3.05) is 39.4 Å². The average molecular weight is 430 g/mol. The number of carbonyl (C=O) groups is 5. The maximum Gasteiger partial charge on any atom is 0.375 e. The summed E-state index contributed by atoms with van der Waals surface area (Å²) < 4.78 is 9.02. The number of Topliss-reactive ketones (excluding diaryl/α,β-unsaturated/α-hetero) is 1. The number of carbonyl (C=O) groups excluding carboxylic acids is 5. The van der Waals surface area contributed by atoms with Crippen LogP contribution in [-0.4, -0.2) is 83.8 Å². The third-order valence-electron chi connectivity index (χ3n) is 3.75. The maximum absolute atomic E-state index is 11.4. The predicted octanol–water partition coefficient (Wildman–Crippen LogP) is 1.24. The number of likely N-dealkylation sites (N-methyl/N-ethyl adjacent to an activating group) is 1. The van der Waals surface area contributed by atoms with Crippen molar-refractivity contribution < 1.29 is 38.6 Å². The summed E-state index contributed by atoms with van der Waals surface area (Å²) in [5, 5.41) is 9.20. The van der Waals surface area contributed by atoms with Crippen LogP contribution in [0, 0.1) is 0 Å². The van der Waals surface area contributed by atoms with Gasteiger partial charge < -0.3 is 24.4 Å². The highest BCUT2D eigenvalue weighted by molar-refractivity contribution is 6.36. The molecule has 0 unspecified atom stereocenters. The second-order valence-corrected chi connectivity index (χ2v) is 5.65. The van der Waals surface area contributed by atoms with Gasteiger partial charge in [-0.2, -0.15) is 0 Å². The first-order valence-corrected chi connectivity index (χ1v) is 9.97. The van der Waals surface area contributed by atoms with Gasteiger partial charge in [0.25, 0.3) is 5.91 Å². The molecule has 0 atom stereocenters. The van der Waals surface area contributed by atoms with E-state index in [1.807, 2.05) is 27.7 Å². The van der Waals surface area contributed by atoms with Crippen LogP contribution < -0.4 is 0 Å². The van der Waals surface area contributed by atoms with E-state index in [-0.39, 0.29) is 19.1 Å². The van der Waals surface area contributed by atoms with Gasteiger partial charge in [0.1, 0.15) is 0 Å². The van der Waals surface area contributed by atoms with Crippen molar-refractivity contribution in [3.63, 3.8) is 0 Å². The van der Waals surface area contributed by atoms with E-state index >= 15 is 0 Å². The Morgan fingerprint density at radius 3 is 1.57 bits per heavy atom. The number of rotatable bonds is 11. The zero-order valence-corrected chi connectivity index (χ0v) is 18.7. The number of aliphatic hydroxyl groups is 1. The fourth-order valence-corrected chi connectivity index (χ4v) is 2.12. The van der Waals surface area contributed by atoms with Gasteiger partial charge in [-0.3, -0.25) is 14.4 Å². The van der Waals surface area contributed by atoms with Crippen molar-refractivity contribution in [3.8, 4) is 0 Å². The van der Waals surface area contributed by atoms with Crippen molar-refractivity contribution in [2.45, 2.75) is 48.0 Å². The highest BCUT2D eigenvalue weighted by Gasteiger charge is 2.21. The number of ether oxygens (including phenoxy) is 2. The molecule has 10 heteroatoms. The minimum absolute atomic E-state index is 0.143. The summed E-state index contributed by atoms with van der Waals surface area (Å²) in [6.07, 6.45) is 0.478. The molecule has 0 aromatic heterocycles. The summed E-state index contributed by atoms with van der Waals surface area (Å²) in [7, 11) is 0. The Balaban J connectivity index is 0. The molecule has 0 bridgehead atoms. The normalized spacial score (nSPS) is 10.3. The fourth-order valence-electron chi connectivity index (χ4n) is 2.12. The molecule has 0 spiro atoms. The lowest BCUT2D eigenvalue weighted by Crippen LogP contribution is -2.33. The molecular weight excluding hydrogens is 396 g/mol. The lowest BCUT2D eigenvalue weighted by molar-refractivity contribution is -0.155. The number of hydrogen-bond donors (Lipinski definition) is 1. The van der Waals surface area contributed by atoms with E-state index < -0.39 is 35.8 Å². The van der Waals surface area contributed by atoms with Crippen LogP contribution >= 0.6 is 0 Å². The molecule has 0 aliphatic rings. The van der Waals surface area contributed by atoms with Crippen molar-refractivity contribution in [1.29, 1.82) is 0 Å². The van der Waals surface area contributed by atoms with Gasteiger partial charge in [-0.25, -0.2) is 9.59 Å². The molecular formula is C20H34N2O8. The molecule has 10 nitrogen and oxygen atoms in total. The minimum Gasteiger partial charge on any atom is -0.502 e. The second kappa shape index (κ2) is 17.0. The molecule has 0 aliphatic carbocycles. The topological polar surface area (TPSA) is 131 Å². The molecule has 172 valence electrons. The summed E-state index contributed by atoms with van der Waals surface area (Å²) in [4.78, 5) is 58.9. The van der Waals surface area contributed by atoms with Gasteiger partial charge in [0.05, 0.1) is 25.7 Å². The molecule has 2 amide bonds. The molecule has 0 aromatic rings. The summed E-state index contributed by atoms with van der Waals surface area (Å²) in [6, 6.07) is 0. The second-order valence-electron chi connectivity index (χ2n) is 5.65. The zero-order valence-electron chi connectivity index (χ0n) is 18.7. The number of amides is 2. The van der Waals surface area contributed by atoms with Crippen molar-refractivity contribution in [2.24, 2.45) is 0 Å². The highest BCUT2D eigenvalue weighted by atomic mass is 16.5. The number of hydrogen-bond acceptors (Lipinski definition) is 8. The Hall–Kier alpha value is -2.91. The molecule has 1 N–H and O–H groups in total. The smallest absolute Gasteiger partial charge is 0.375 e. The molecule has 0 saturated carbocycles. The first-order chi connectivity index (χ1) is 14.1. The Kier molecular flexibility index (Phi) is 16.6. The van der Waals surface area contributed by atoms with Crippen LogP contribution in [0.1, 0.15) is 48.0 Å². The van der Waals surface area contributed by atoms with Crippen molar-refractivity contribution in [1.82, 2.24) is 9.80 Å². The Labute approximate surface area is 177 Å². The lowest BCUT2D eigenvalue weighted by Gasteiger charge is -2.17.